The van der Waals surface area contributed by atoms with Crippen LogP contribution in [0.4, 0.5) is 0 Å². The van der Waals surface area contributed by atoms with Gasteiger partial charge in [0.15, 0.2) is 0 Å². The molecule has 5 heteroatoms. The van der Waals surface area contributed by atoms with Gasteiger partial charge in [0.25, 0.3) is 0 Å². The van der Waals surface area contributed by atoms with Gasteiger partial charge in [0.05, 0.1) is 6.61 Å². The monoisotopic (exact) mass is 274 g/mol. The first kappa shape index (κ1) is 17.3. The van der Waals surface area contributed by atoms with E-state index < -0.39 is 8.56 Å². The zero-order chi connectivity index (χ0) is 14.0. The van der Waals surface area contributed by atoms with Crippen LogP contribution in [0.1, 0.15) is 34.1 Å². The van der Waals surface area contributed by atoms with Crippen molar-refractivity contribution < 1.29 is 18.4 Å². The quantitative estimate of drug-likeness (QED) is 0.266. The standard InChI is InChI=1S/C13H26O4Si/c1-6-16-18(8-3,17-7-2)11-9-10-15-13(14)12(4)5/h4,6-11H2,1-3,5H3. The summed E-state index contributed by atoms with van der Waals surface area (Å²) in [6, 6.07) is 1.78. The Hall–Kier alpha value is -0.653. The summed E-state index contributed by atoms with van der Waals surface area (Å²) in [5.41, 5.74) is 0.434. The second kappa shape index (κ2) is 9.30. The minimum Gasteiger partial charge on any atom is -0.462 e. The normalized spacial score (nSPS) is 11.3. The largest absolute Gasteiger partial charge is 0.462 e. The lowest BCUT2D eigenvalue weighted by atomic mass is 10.4. The van der Waals surface area contributed by atoms with Crippen molar-refractivity contribution in [3.8, 4) is 0 Å². The molecule has 0 N–H and O–H groups in total. The molecule has 4 nitrogen and oxygen atoms in total. The molecule has 0 radical (unpaired) electrons. The van der Waals surface area contributed by atoms with Crippen LogP contribution in [0.3, 0.4) is 0 Å². The molecule has 0 spiro atoms. The number of ether oxygens (including phenoxy) is 1. The summed E-state index contributed by atoms with van der Waals surface area (Å²) in [7, 11) is -2.08. The van der Waals surface area contributed by atoms with Gasteiger partial charge in [0, 0.05) is 18.8 Å². The van der Waals surface area contributed by atoms with E-state index in [0.717, 1.165) is 18.5 Å². The molecule has 0 atom stereocenters. The summed E-state index contributed by atoms with van der Waals surface area (Å²) in [5, 5.41) is 0. The van der Waals surface area contributed by atoms with Gasteiger partial charge in [0.2, 0.25) is 0 Å². The summed E-state index contributed by atoms with van der Waals surface area (Å²) in [6.07, 6.45) is 0.777. The summed E-state index contributed by atoms with van der Waals surface area (Å²) in [4.78, 5) is 11.2. The molecule has 0 aromatic carbocycles. The highest BCUT2D eigenvalue weighted by molar-refractivity contribution is 6.67. The van der Waals surface area contributed by atoms with Gasteiger partial charge >= 0.3 is 14.5 Å². The van der Waals surface area contributed by atoms with Crippen molar-refractivity contribution in [3.05, 3.63) is 12.2 Å². The summed E-state index contributed by atoms with van der Waals surface area (Å²) < 4.78 is 16.7. The molecule has 0 aliphatic carbocycles. The summed E-state index contributed by atoms with van der Waals surface area (Å²) in [5.74, 6) is -0.327. The summed E-state index contributed by atoms with van der Waals surface area (Å²) in [6.45, 7) is 13.0. The van der Waals surface area contributed by atoms with Crippen LogP contribution in [-0.4, -0.2) is 34.4 Å². The zero-order valence-corrected chi connectivity index (χ0v) is 13.1. The molecule has 0 saturated carbocycles. The van der Waals surface area contributed by atoms with E-state index in [1.165, 1.54) is 0 Å². The molecule has 0 heterocycles. The van der Waals surface area contributed by atoms with Crippen LogP contribution in [0.15, 0.2) is 12.2 Å². The molecule has 0 unspecified atom stereocenters. The van der Waals surface area contributed by atoms with E-state index in [4.69, 9.17) is 13.6 Å². The number of hydrogen-bond donors (Lipinski definition) is 0. The summed E-state index contributed by atoms with van der Waals surface area (Å²) >= 11 is 0. The van der Waals surface area contributed by atoms with E-state index in [9.17, 15) is 4.79 Å². The highest BCUT2D eigenvalue weighted by Crippen LogP contribution is 2.21. The number of rotatable bonds is 10. The van der Waals surface area contributed by atoms with Gasteiger partial charge in [-0.2, -0.15) is 0 Å². The lowest BCUT2D eigenvalue weighted by Crippen LogP contribution is -2.41. The first-order chi connectivity index (χ1) is 8.51. The van der Waals surface area contributed by atoms with E-state index in [0.29, 0.717) is 25.4 Å². The van der Waals surface area contributed by atoms with Gasteiger partial charge in [-0.25, -0.2) is 4.79 Å². The molecule has 0 amide bonds. The van der Waals surface area contributed by atoms with E-state index in [1.54, 1.807) is 6.92 Å². The third-order valence-electron chi connectivity index (χ3n) is 2.64. The van der Waals surface area contributed by atoms with Crippen LogP contribution in [0.5, 0.6) is 0 Å². The molecule has 0 rings (SSSR count). The number of carbonyl (C=O) groups is 1. The fourth-order valence-corrected chi connectivity index (χ4v) is 4.59. The Morgan fingerprint density at radius 3 is 2.11 bits per heavy atom. The Morgan fingerprint density at radius 1 is 1.17 bits per heavy atom. The molecule has 0 fully saturated rings. The molecule has 0 aromatic heterocycles. The fraction of sp³-hybridized carbons (Fsp3) is 0.769. The molecular weight excluding hydrogens is 248 g/mol. The molecule has 18 heavy (non-hydrogen) atoms. The van der Waals surface area contributed by atoms with Crippen molar-refractivity contribution in [1.82, 2.24) is 0 Å². The molecule has 0 aliphatic heterocycles. The Bertz CT molecular complexity index is 260. The van der Waals surface area contributed by atoms with E-state index >= 15 is 0 Å². The SMILES string of the molecule is C=C(C)C(=O)OCCC[Si](CC)(OCC)OCC. The van der Waals surface area contributed by atoms with E-state index in [1.807, 2.05) is 13.8 Å². The van der Waals surface area contributed by atoms with E-state index in [-0.39, 0.29) is 5.97 Å². The zero-order valence-electron chi connectivity index (χ0n) is 12.1. The van der Waals surface area contributed by atoms with Gasteiger partial charge in [0.1, 0.15) is 0 Å². The highest BCUT2D eigenvalue weighted by Gasteiger charge is 2.34. The maximum Gasteiger partial charge on any atom is 0.337 e. The molecule has 0 bridgehead atoms. The third kappa shape index (κ3) is 6.33. The van der Waals surface area contributed by atoms with Crippen molar-refractivity contribution in [2.24, 2.45) is 0 Å². The predicted molar refractivity (Wildman–Crippen MR) is 74.7 cm³/mol. The second-order valence-corrected chi connectivity index (χ2v) is 7.76. The topological polar surface area (TPSA) is 44.8 Å². The first-order valence-electron chi connectivity index (χ1n) is 6.61. The molecule has 0 aliphatic rings. The van der Waals surface area contributed by atoms with Crippen LogP contribution in [-0.2, 0) is 18.4 Å². The van der Waals surface area contributed by atoms with Gasteiger partial charge in [-0.1, -0.05) is 13.5 Å². The fourth-order valence-electron chi connectivity index (χ4n) is 1.72. The average molecular weight is 274 g/mol. The third-order valence-corrected chi connectivity index (χ3v) is 6.46. The smallest absolute Gasteiger partial charge is 0.337 e. The number of carbonyl (C=O) groups excluding carboxylic acids is 1. The molecular formula is C13H26O4Si. The van der Waals surface area contributed by atoms with Crippen molar-refractivity contribution in [2.45, 2.75) is 46.2 Å². The van der Waals surface area contributed by atoms with Crippen LogP contribution >= 0.6 is 0 Å². The Balaban J connectivity index is 4.10. The minimum atomic E-state index is -2.08. The number of hydrogen-bond acceptors (Lipinski definition) is 4. The van der Waals surface area contributed by atoms with Crippen LogP contribution in [0.2, 0.25) is 12.1 Å². The van der Waals surface area contributed by atoms with Gasteiger partial charge < -0.3 is 13.6 Å². The van der Waals surface area contributed by atoms with Crippen molar-refractivity contribution in [2.75, 3.05) is 19.8 Å². The molecule has 0 aromatic rings. The van der Waals surface area contributed by atoms with Gasteiger partial charge in [-0.15, -0.1) is 0 Å². The van der Waals surface area contributed by atoms with Gasteiger partial charge in [-0.3, -0.25) is 0 Å². The molecule has 106 valence electrons. The minimum absolute atomic E-state index is 0.327. The second-order valence-electron chi connectivity index (χ2n) is 4.15. The van der Waals surface area contributed by atoms with Crippen LogP contribution in [0, 0.1) is 0 Å². The maximum atomic E-state index is 11.2. The van der Waals surface area contributed by atoms with Crippen molar-refractivity contribution in [1.29, 1.82) is 0 Å². The van der Waals surface area contributed by atoms with Crippen molar-refractivity contribution >= 4 is 14.5 Å². The lowest BCUT2D eigenvalue weighted by Gasteiger charge is -2.28. The first-order valence-corrected chi connectivity index (χ1v) is 8.85. The van der Waals surface area contributed by atoms with Crippen molar-refractivity contribution in [3.63, 3.8) is 0 Å². The van der Waals surface area contributed by atoms with Crippen LogP contribution in [0.25, 0.3) is 0 Å². The van der Waals surface area contributed by atoms with E-state index in [2.05, 4.69) is 13.5 Å². The average Bonchev–Trinajstić information content (AvgIpc) is 2.34. The maximum absolute atomic E-state index is 11.2. The molecule has 0 saturated heterocycles. The Morgan fingerprint density at radius 2 is 1.72 bits per heavy atom. The predicted octanol–water partition coefficient (Wildman–Crippen LogP) is 3.03. The Labute approximate surface area is 112 Å². The Kier molecular flexibility index (Phi) is 8.96. The highest BCUT2D eigenvalue weighted by atomic mass is 28.4. The van der Waals surface area contributed by atoms with Gasteiger partial charge in [-0.05, 0) is 39.3 Å². The lowest BCUT2D eigenvalue weighted by molar-refractivity contribution is -0.138. The van der Waals surface area contributed by atoms with Crippen LogP contribution < -0.4 is 0 Å². The number of esters is 1.